The van der Waals surface area contributed by atoms with Crippen molar-refractivity contribution in [1.29, 1.82) is 0 Å². The summed E-state index contributed by atoms with van der Waals surface area (Å²) in [5, 5.41) is 0. The highest BCUT2D eigenvalue weighted by Gasteiger charge is 2.43. The third-order valence-electron chi connectivity index (χ3n) is 7.52. The quantitative estimate of drug-likeness (QED) is 0.755. The molecule has 0 bridgehead atoms. The van der Waals surface area contributed by atoms with Crippen LogP contribution < -0.4 is 14.4 Å². The summed E-state index contributed by atoms with van der Waals surface area (Å²) in [7, 11) is 1.81. The summed E-state index contributed by atoms with van der Waals surface area (Å²) >= 11 is 0. The number of ether oxygens (including phenoxy) is 3. The fraction of sp³-hybridized carbons (Fsp3) is 0.739. The van der Waals surface area contributed by atoms with Crippen molar-refractivity contribution in [1.82, 2.24) is 9.80 Å². The highest BCUT2D eigenvalue weighted by Crippen LogP contribution is 2.41. The van der Waals surface area contributed by atoms with Gasteiger partial charge in [-0.2, -0.15) is 0 Å². The summed E-state index contributed by atoms with van der Waals surface area (Å²) in [5.41, 5.74) is 1.80. The number of likely N-dealkylation sites (tertiary alicyclic amines) is 2. The van der Waals surface area contributed by atoms with E-state index in [2.05, 4.69) is 26.8 Å². The second kappa shape index (κ2) is 8.32. The molecule has 0 amide bonds. The van der Waals surface area contributed by atoms with Crippen LogP contribution >= 0.6 is 0 Å². The molecule has 160 valence electrons. The van der Waals surface area contributed by atoms with Gasteiger partial charge in [0.1, 0.15) is 0 Å². The normalized spacial score (nSPS) is 28.5. The van der Waals surface area contributed by atoms with Crippen LogP contribution in [-0.4, -0.2) is 82.2 Å². The van der Waals surface area contributed by atoms with E-state index in [9.17, 15) is 0 Å². The second-order valence-electron chi connectivity index (χ2n) is 9.35. The Hall–Kier alpha value is -1.50. The van der Waals surface area contributed by atoms with E-state index in [0.29, 0.717) is 12.2 Å². The number of nitrogens with zero attached hydrogens (tertiary/aromatic N) is 3. The van der Waals surface area contributed by atoms with Gasteiger partial charge in [0.15, 0.2) is 11.5 Å². The molecule has 1 atom stereocenters. The summed E-state index contributed by atoms with van der Waals surface area (Å²) in [6, 6.07) is 7.11. The molecule has 4 aliphatic rings. The molecule has 0 saturated carbocycles. The molecule has 29 heavy (non-hydrogen) atoms. The first-order chi connectivity index (χ1) is 14.2. The number of anilines is 1. The molecule has 0 radical (unpaired) electrons. The highest BCUT2D eigenvalue weighted by atomic mass is 16.7. The summed E-state index contributed by atoms with van der Waals surface area (Å²) in [6.07, 6.45) is 6.65. The fourth-order valence-corrected chi connectivity index (χ4v) is 5.91. The number of fused-ring (bicyclic) bond motifs is 1. The molecule has 4 heterocycles. The van der Waals surface area contributed by atoms with Crippen molar-refractivity contribution in [3.63, 3.8) is 0 Å². The van der Waals surface area contributed by atoms with Crippen LogP contribution in [0, 0.1) is 5.41 Å². The number of hydrogen-bond acceptors (Lipinski definition) is 6. The first-order valence-corrected chi connectivity index (χ1v) is 11.3. The molecule has 1 aromatic rings. The van der Waals surface area contributed by atoms with Crippen LogP contribution in [0.1, 0.15) is 32.1 Å². The SMILES string of the molecule is COCCN1CCCC2(CCN(C3CCN(c4ccc5c(c4)OCO5)CC3)C2)C1. The van der Waals surface area contributed by atoms with Gasteiger partial charge < -0.3 is 24.0 Å². The van der Waals surface area contributed by atoms with Gasteiger partial charge in [0, 0.05) is 57.6 Å². The van der Waals surface area contributed by atoms with Crippen LogP contribution in [0.4, 0.5) is 5.69 Å². The van der Waals surface area contributed by atoms with Crippen molar-refractivity contribution in [3.05, 3.63) is 18.2 Å². The highest BCUT2D eigenvalue weighted by molar-refractivity contribution is 5.57. The Morgan fingerprint density at radius 3 is 2.76 bits per heavy atom. The van der Waals surface area contributed by atoms with Gasteiger partial charge in [-0.1, -0.05) is 0 Å². The van der Waals surface area contributed by atoms with Crippen molar-refractivity contribution in [3.8, 4) is 11.5 Å². The standard InChI is InChI=1S/C23H35N3O3/c1-27-14-13-24-9-2-7-23(16-24)8-12-26(17-23)19-5-10-25(11-6-19)20-3-4-21-22(15-20)29-18-28-21/h3-4,15,19H,2,5-14,16-18H2,1H3. The van der Waals surface area contributed by atoms with Crippen LogP contribution in [0.2, 0.25) is 0 Å². The van der Waals surface area contributed by atoms with Crippen molar-refractivity contribution >= 4 is 5.69 Å². The van der Waals surface area contributed by atoms with E-state index < -0.39 is 0 Å². The molecule has 0 aliphatic carbocycles. The molecule has 6 heteroatoms. The van der Waals surface area contributed by atoms with Crippen LogP contribution in [0.15, 0.2) is 18.2 Å². The lowest BCUT2D eigenvalue weighted by Gasteiger charge is -2.42. The average Bonchev–Trinajstić information content (AvgIpc) is 3.39. The van der Waals surface area contributed by atoms with Crippen LogP contribution in [0.3, 0.4) is 0 Å². The summed E-state index contributed by atoms with van der Waals surface area (Å²) in [6.45, 7) is 9.66. The predicted molar refractivity (Wildman–Crippen MR) is 114 cm³/mol. The van der Waals surface area contributed by atoms with E-state index in [0.717, 1.165) is 43.8 Å². The number of benzene rings is 1. The maximum absolute atomic E-state index is 5.56. The Kier molecular flexibility index (Phi) is 5.59. The zero-order chi connectivity index (χ0) is 19.7. The van der Waals surface area contributed by atoms with Crippen LogP contribution in [0.5, 0.6) is 11.5 Å². The predicted octanol–water partition coefficient (Wildman–Crippen LogP) is 2.82. The molecule has 1 spiro atoms. The summed E-state index contributed by atoms with van der Waals surface area (Å²) < 4.78 is 16.3. The number of piperidine rings is 2. The van der Waals surface area contributed by atoms with Gasteiger partial charge in [0.05, 0.1) is 6.61 Å². The van der Waals surface area contributed by atoms with Gasteiger partial charge in [0.2, 0.25) is 6.79 Å². The van der Waals surface area contributed by atoms with Crippen LogP contribution in [-0.2, 0) is 4.74 Å². The molecular formula is C23H35N3O3. The first-order valence-electron chi connectivity index (χ1n) is 11.3. The molecule has 4 aliphatic heterocycles. The third-order valence-corrected chi connectivity index (χ3v) is 7.52. The smallest absolute Gasteiger partial charge is 0.231 e. The van der Waals surface area contributed by atoms with Gasteiger partial charge in [-0.05, 0) is 62.7 Å². The minimum Gasteiger partial charge on any atom is -0.454 e. The monoisotopic (exact) mass is 401 g/mol. The molecule has 1 unspecified atom stereocenters. The number of hydrogen-bond donors (Lipinski definition) is 0. The molecule has 0 N–H and O–H groups in total. The van der Waals surface area contributed by atoms with E-state index in [1.165, 1.54) is 64.0 Å². The lowest BCUT2D eigenvalue weighted by atomic mass is 9.79. The third kappa shape index (κ3) is 4.07. The zero-order valence-corrected chi connectivity index (χ0v) is 17.8. The fourth-order valence-electron chi connectivity index (χ4n) is 5.91. The van der Waals surface area contributed by atoms with Crippen LogP contribution in [0.25, 0.3) is 0 Å². The van der Waals surface area contributed by atoms with Gasteiger partial charge >= 0.3 is 0 Å². The van der Waals surface area contributed by atoms with E-state index in [1.807, 2.05) is 13.2 Å². The average molecular weight is 402 g/mol. The molecule has 5 rings (SSSR count). The Bertz CT molecular complexity index is 707. The minimum absolute atomic E-state index is 0.348. The molecule has 1 aromatic carbocycles. The molecule has 3 fully saturated rings. The van der Waals surface area contributed by atoms with Gasteiger partial charge in [-0.25, -0.2) is 0 Å². The largest absolute Gasteiger partial charge is 0.454 e. The lowest BCUT2D eigenvalue weighted by molar-refractivity contribution is 0.0626. The van der Waals surface area contributed by atoms with E-state index in [4.69, 9.17) is 14.2 Å². The Morgan fingerprint density at radius 2 is 1.90 bits per heavy atom. The maximum atomic E-state index is 5.56. The van der Waals surface area contributed by atoms with E-state index in [-0.39, 0.29) is 0 Å². The summed E-state index contributed by atoms with van der Waals surface area (Å²) in [4.78, 5) is 7.97. The Labute approximate surface area is 174 Å². The van der Waals surface area contributed by atoms with E-state index in [1.54, 1.807) is 0 Å². The zero-order valence-electron chi connectivity index (χ0n) is 17.8. The lowest BCUT2D eigenvalue weighted by Crippen LogP contribution is -2.48. The van der Waals surface area contributed by atoms with Gasteiger partial charge in [-0.15, -0.1) is 0 Å². The maximum Gasteiger partial charge on any atom is 0.231 e. The molecular weight excluding hydrogens is 366 g/mol. The van der Waals surface area contributed by atoms with Crippen molar-refractivity contribution in [2.45, 2.75) is 38.1 Å². The topological polar surface area (TPSA) is 37.4 Å². The van der Waals surface area contributed by atoms with Crippen molar-refractivity contribution in [2.75, 3.05) is 71.2 Å². The first kappa shape index (κ1) is 19.5. The number of rotatable bonds is 5. The minimum atomic E-state index is 0.348. The number of methoxy groups -OCH3 is 1. The van der Waals surface area contributed by atoms with Gasteiger partial charge in [-0.3, -0.25) is 4.90 Å². The molecule has 3 saturated heterocycles. The van der Waals surface area contributed by atoms with Gasteiger partial charge in [0.25, 0.3) is 0 Å². The molecule has 6 nitrogen and oxygen atoms in total. The molecule has 0 aromatic heterocycles. The Balaban J connectivity index is 1.15. The second-order valence-corrected chi connectivity index (χ2v) is 9.35. The van der Waals surface area contributed by atoms with E-state index >= 15 is 0 Å². The summed E-state index contributed by atoms with van der Waals surface area (Å²) in [5.74, 6) is 1.76. The van der Waals surface area contributed by atoms with Crippen molar-refractivity contribution in [2.24, 2.45) is 5.41 Å². The Morgan fingerprint density at radius 1 is 1.03 bits per heavy atom. The van der Waals surface area contributed by atoms with Crippen molar-refractivity contribution < 1.29 is 14.2 Å².